The van der Waals surface area contributed by atoms with Gasteiger partial charge >= 0.3 is 0 Å². The highest BCUT2D eigenvalue weighted by Gasteiger charge is 2.61. The number of fused-ring (bicyclic) bond motifs is 3. The summed E-state index contributed by atoms with van der Waals surface area (Å²) in [5.41, 5.74) is 5.86. The topological polar surface area (TPSA) is 41.5 Å². The van der Waals surface area contributed by atoms with Crippen molar-refractivity contribution in [3.8, 4) is 0 Å². The maximum absolute atomic E-state index is 12.0. The summed E-state index contributed by atoms with van der Waals surface area (Å²) in [7, 11) is 0. The molecule has 0 saturated heterocycles. The van der Waals surface area contributed by atoms with Crippen molar-refractivity contribution in [3.63, 3.8) is 0 Å². The van der Waals surface area contributed by atoms with Gasteiger partial charge in [0.05, 0.1) is 5.71 Å². The third kappa shape index (κ3) is 3.34. The molecule has 3 rings (SSSR count). The first-order valence-electron chi connectivity index (χ1n) is 8.88. The van der Waals surface area contributed by atoms with Crippen molar-refractivity contribution < 1.29 is 4.79 Å². The first-order valence-corrected chi connectivity index (χ1v) is 9.63. The summed E-state index contributed by atoms with van der Waals surface area (Å²) in [6, 6.07) is 8.28. The Morgan fingerprint density at radius 1 is 1.25 bits per heavy atom. The van der Waals surface area contributed by atoms with Crippen molar-refractivity contribution in [2.24, 2.45) is 11.0 Å². The van der Waals surface area contributed by atoms with E-state index >= 15 is 0 Å². The van der Waals surface area contributed by atoms with E-state index in [1.54, 1.807) is 0 Å². The van der Waals surface area contributed by atoms with Crippen molar-refractivity contribution in [2.75, 3.05) is 0 Å². The summed E-state index contributed by atoms with van der Waals surface area (Å²) in [5.74, 6) is 0.238. The maximum atomic E-state index is 12.0. The third-order valence-corrected chi connectivity index (χ3v) is 6.09. The second kappa shape index (κ2) is 7.45. The number of hydrogen-bond donors (Lipinski definition) is 1. The molecule has 2 aliphatic carbocycles. The molecule has 0 bridgehead atoms. The molecular weight excluding hydrogens is 343 g/mol. The van der Waals surface area contributed by atoms with Gasteiger partial charge in [0.25, 0.3) is 0 Å². The summed E-state index contributed by atoms with van der Waals surface area (Å²) in [6.07, 6.45) is 6.99. The zero-order valence-corrected chi connectivity index (χ0v) is 15.5. The third-order valence-electron chi connectivity index (χ3n) is 5.14. The molecular formula is C19H24Cl2N2O. The fraction of sp³-hybridized carbons (Fsp3) is 0.579. The SMILES string of the molecule is CCCCCCCC(=O)N/N=C1\[C@H]2c3ccccc3C[C@@H]2C1(Cl)Cl. The Morgan fingerprint density at radius 3 is 2.79 bits per heavy atom. The van der Waals surface area contributed by atoms with E-state index in [0.29, 0.717) is 12.1 Å². The maximum Gasteiger partial charge on any atom is 0.240 e. The van der Waals surface area contributed by atoms with Crippen LogP contribution in [0.5, 0.6) is 0 Å². The number of hydrazone groups is 1. The predicted molar refractivity (Wildman–Crippen MR) is 99.8 cm³/mol. The summed E-state index contributed by atoms with van der Waals surface area (Å²) >= 11 is 13.0. The van der Waals surface area contributed by atoms with Crippen LogP contribution in [-0.2, 0) is 11.2 Å². The van der Waals surface area contributed by atoms with E-state index in [0.717, 1.165) is 19.3 Å². The smallest absolute Gasteiger partial charge is 0.240 e. The lowest BCUT2D eigenvalue weighted by atomic mass is 9.71. The molecule has 0 aliphatic heterocycles. The van der Waals surface area contributed by atoms with Gasteiger partial charge in [0, 0.05) is 18.3 Å². The van der Waals surface area contributed by atoms with E-state index in [4.69, 9.17) is 23.2 Å². The number of hydrogen-bond acceptors (Lipinski definition) is 2. The summed E-state index contributed by atoms with van der Waals surface area (Å²) in [5, 5.41) is 4.29. The van der Waals surface area contributed by atoms with Gasteiger partial charge in [0.15, 0.2) is 4.33 Å². The van der Waals surface area contributed by atoms with E-state index < -0.39 is 4.33 Å². The lowest BCUT2D eigenvalue weighted by Crippen LogP contribution is -2.54. The number of halogens is 2. The minimum atomic E-state index is -0.974. The number of benzene rings is 1. The van der Waals surface area contributed by atoms with Crippen LogP contribution in [0.1, 0.15) is 62.5 Å². The molecule has 2 aliphatic rings. The van der Waals surface area contributed by atoms with Crippen molar-refractivity contribution >= 4 is 34.8 Å². The minimum absolute atomic E-state index is 0.0575. The second-order valence-electron chi connectivity index (χ2n) is 6.81. The number of amides is 1. The molecule has 2 atom stereocenters. The second-order valence-corrected chi connectivity index (χ2v) is 8.19. The minimum Gasteiger partial charge on any atom is -0.273 e. The molecule has 1 amide bonds. The molecule has 5 heteroatoms. The van der Waals surface area contributed by atoms with Gasteiger partial charge in [-0.15, -0.1) is 0 Å². The van der Waals surface area contributed by atoms with E-state index in [-0.39, 0.29) is 17.7 Å². The molecule has 1 fully saturated rings. The fourth-order valence-electron chi connectivity index (χ4n) is 3.78. The van der Waals surface area contributed by atoms with Crippen LogP contribution in [-0.4, -0.2) is 16.0 Å². The fourth-order valence-corrected chi connectivity index (χ4v) is 4.51. The van der Waals surface area contributed by atoms with Gasteiger partial charge in [0.1, 0.15) is 0 Å². The number of nitrogens with one attached hydrogen (secondary N) is 1. The van der Waals surface area contributed by atoms with Gasteiger partial charge in [0.2, 0.25) is 5.91 Å². The molecule has 130 valence electrons. The van der Waals surface area contributed by atoms with Crippen molar-refractivity contribution in [3.05, 3.63) is 35.4 Å². The molecule has 1 aromatic rings. The summed E-state index contributed by atoms with van der Waals surface area (Å²) < 4.78 is -0.974. The van der Waals surface area contributed by atoms with Gasteiger partial charge in [-0.1, -0.05) is 80.1 Å². The van der Waals surface area contributed by atoms with Crippen molar-refractivity contribution in [1.29, 1.82) is 0 Å². The Labute approximate surface area is 153 Å². The lowest BCUT2D eigenvalue weighted by molar-refractivity contribution is -0.121. The molecule has 0 aromatic heterocycles. The lowest BCUT2D eigenvalue weighted by Gasteiger charge is -2.45. The highest BCUT2D eigenvalue weighted by Crippen LogP contribution is 2.59. The highest BCUT2D eigenvalue weighted by atomic mass is 35.5. The van der Waals surface area contributed by atoms with Crippen LogP contribution in [0.3, 0.4) is 0 Å². The Balaban J connectivity index is 1.58. The highest BCUT2D eigenvalue weighted by molar-refractivity contribution is 6.62. The van der Waals surface area contributed by atoms with Crippen LogP contribution in [0, 0.1) is 5.92 Å². The Bertz CT molecular complexity index is 642. The average Bonchev–Trinajstić information content (AvgIpc) is 2.92. The monoisotopic (exact) mass is 366 g/mol. The van der Waals surface area contributed by atoms with Crippen LogP contribution >= 0.6 is 23.2 Å². The molecule has 1 N–H and O–H groups in total. The van der Waals surface area contributed by atoms with Crippen LogP contribution in [0.15, 0.2) is 29.4 Å². The number of nitrogens with zero attached hydrogens (tertiary/aromatic N) is 1. The van der Waals surface area contributed by atoms with E-state index in [2.05, 4.69) is 29.6 Å². The molecule has 24 heavy (non-hydrogen) atoms. The van der Waals surface area contributed by atoms with Gasteiger partial charge in [-0.3, -0.25) is 4.79 Å². The van der Waals surface area contributed by atoms with Crippen LogP contribution in [0.4, 0.5) is 0 Å². The quantitative estimate of drug-likeness (QED) is 0.413. The van der Waals surface area contributed by atoms with Gasteiger partial charge < -0.3 is 0 Å². The largest absolute Gasteiger partial charge is 0.273 e. The zero-order valence-electron chi connectivity index (χ0n) is 14.0. The standard InChI is InChI=1S/C19H24Cl2N2O/c1-2-3-4-5-6-11-16(24)22-23-18-17-14-10-8-7-9-13(14)12-15(17)19(18,20)21/h7-10,15,17H,2-6,11-12H2,1H3,(H,22,24)/b23-18+/t15-,17-/m0/s1. The zero-order chi connectivity index (χ0) is 17.2. The normalized spacial score (nSPS) is 25.0. The molecule has 0 unspecified atom stereocenters. The number of carbonyl (C=O) groups is 1. The Hall–Kier alpha value is -1.06. The van der Waals surface area contributed by atoms with Gasteiger partial charge in [-0.2, -0.15) is 5.10 Å². The van der Waals surface area contributed by atoms with Gasteiger partial charge in [-0.25, -0.2) is 5.43 Å². The van der Waals surface area contributed by atoms with Crippen LogP contribution < -0.4 is 5.43 Å². The molecule has 0 radical (unpaired) electrons. The van der Waals surface area contributed by atoms with E-state index in [9.17, 15) is 4.79 Å². The summed E-state index contributed by atoms with van der Waals surface area (Å²) in [6.45, 7) is 2.18. The van der Waals surface area contributed by atoms with E-state index in [1.165, 1.54) is 30.4 Å². The van der Waals surface area contributed by atoms with Crippen molar-refractivity contribution in [1.82, 2.24) is 5.43 Å². The predicted octanol–water partition coefficient (Wildman–Crippen LogP) is 4.96. The first kappa shape index (κ1) is 17.8. The number of carbonyl (C=O) groups excluding carboxylic acids is 1. The first-order chi connectivity index (χ1) is 11.6. The summed E-state index contributed by atoms with van der Waals surface area (Å²) in [4.78, 5) is 12.0. The van der Waals surface area contributed by atoms with Crippen molar-refractivity contribution in [2.45, 2.75) is 62.1 Å². The van der Waals surface area contributed by atoms with Crippen LogP contribution in [0.25, 0.3) is 0 Å². The number of unbranched alkanes of at least 4 members (excludes halogenated alkanes) is 4. The molecule has 3 nitrogen and oxygen atoms in total. The molecule has 0 heterocycles. The average molecular weight is 367 g/mol. The molecule has 0 spiro atoms. The molecule has 1 aromatic carbocycles. The van der Waals surface area contributed by atoms with E-state index in [1.807, 2.05) is 12.1 Å². The van der Waals surface area contributed by atoms with Gasteiger partial charge in [-0.05, 0) is 24.0 Å². The Kier molecular flexibility index (Phi) is 5.51. The Morgan fingerprint density at radius 2 is 2.00 bits per heavy atom. The van der Waals surface area contributed by atoms with Crippen LogP contribution in [0.2, 0.25) is 0 Å². The molecule has 1 saturated carbocycles. The number of alkyl halides is 2. The number of rotatable bonds is 7.